The first kappa shape index (κ1) is 12.5. The summed E-state index contributed by atoms with van der Waals surface area (Å²) in [4.78, 5) is 4.30. The lowest BCUT2D eigenvalue weighted by molar-refractivity contribution is 0.308. The van der Waals surface area contributed by atoms with E-state index in [0.717, 1.165) is 27.8 Å². The van der Waals surface area contributed by atoms with E-state index in [1.165, 1.54) is 0 Å². The molecule has 0 amide bonds. The zero-order valence-corrected chi connectivity index (χ0v) is 11.3. The molecule has 100 valence electrons. The zero-order chi connectivity index (χ0) is 13.9. The highest BCUT2D eigenvalue weighted by molar-refractivity contribution is 5.78. The molecule has 0 unspecified atom stereocenters. The highest BCUT2D eigenvalue weighted by Crippen LogP contribution is 2.23. The van der Waals surface area contributed by atoms with E-state index in [9.17, 15) is 0 Å². The number of benzene rings is 2. The standard InChI is InChI=1S/C17H16N2O/c1-12-4-7-17(15(18)9-12)20-11-13-5-6-16-14(10-13)3-2-8-19-16/h2-10H,11,18H2,1H3. The first-order valence-electron chi connectivity index (χ1n) is 6.55. The number of pyridine rings is 1. The molecule has 2 N–H and O–H groups in total. The third kappa shape index (κ3) is 2.57. The van der Waals surface area contributed by atoms with Gasteiger partial charge in [0.05, 0.1) is 11.2 Å². The summed E-state index contributed by atoms with van der Waals surface area (Å²) in [5, 5.41) is 1.12. The van der Waals surface area contributed by atoms with Gasteiger partial charge in [0.25, 0.3) is 0 Å². The van der Waals surface area contributed by atoms with Crippen LogP contribution in [0.4, 0.5) is 5.69 Å². The van der Waals surface area contributed by atoms with Gasteiger partial charge >= 0.3 is 0 Å². The van der Waals surface area contributed by atoms with Crippen molar-refractivity contribution in [3.05, 3.63) is 65.9 Å². The minimum absolute atomic E-state index is 0.498. The van der Waals surface area contributed by atoms with Gasteiger partial charge in [-0.1, -0.05) is 18.2 Å². The number of hydrogen-bond donors (Lipinski definition) is 1. The van der Waals surface area contributed by atoms with E-state index in [-0.39, 0.29) is 0 Å². The molecule has 0 aliphatic carbocycles. The molecular formula is C17H16N2O. The average Bonchev–Trinajstić information content (AvgIpc) is 2.46. The number of nitrogens with two attached hydrogens (primary N) is 1. The van der Waals surface area contributed by atoms with Gasteiger partial charge in [0.15, 0.2) is 0 Å². The summed E-state index contributed by atoms with van der Waals surface area (Å²) in [6, 6.07) is 15.9. The number of rotatable bonds is 3. The topological polar surface area (TPSA) is 48.1 Å². The fraction of sp³-hybridized carbons (Fsp3) is 0.118. The molecule has 3 rings (SSSR count). The number of anilines is 1. The Kier molecular flexibility index (Phi) is 3.25. The van der Waals surface area contributed by atoms with Gasteiger partial charge in [-0.05, 0) is 48.4 Å². The molecule has 0 aliphatic heterocycles. The maximum Gasteiger partial charge on any atom is 0.142 e. The van der Waals surface area contributed by atoms with E-state index < -0.39 is 0 Å². The molecule has 0 saturated heterocycles. The fourth-order valence-corrected chi connectivity index (χ4v) is 2.18. The summed E-state index contributed by atoms with van der Waals surface area (Å²) in [6.45, 7) is 2.51. The van der Waals surface area contributed by atoms with Crippen LogP contribution < -0.4 is 10.5 Å². The first-order chi connectivity index (χ1) is 9.72. The fourth-order valence-electron chi connectivity index (χ4n) is 2.18. The highest BCUT2D eigenvalue weighted by Gasteiger charge is 2.02. The van der Waals surface area contributed by atoms with Crippen molar-refractivity contribution in [1.29, 1.82) is 0 Å². The smallest absolute Gasteiger partial charge is 0.142 e. The summed E-state index contributed by atoms with van der Waals surface area (Å²) in [7, 11) is 0. The third-order valence-electron chi connectivity index (χ3n) is 3.23. The van der Waals surface area contributed by atoms with Crippen molar-refractivity contribution >= 4 is 16.6 Å². The van der Waals surface area contributed by atoms with Crippen molar-refractivity contribution < 1.29 is 4.74 Å². The van der Waals surface area contributed by atoms with Crippen LogP contribution in [0.25, 0.3) is 10.9 Å². The lowest BCUT2D eigenvalue weighted by Gasteiger charge is -2.10. The Morgan fingerprint density at radius 1 is 1.10 bits per heavy atom. The summed E-state index contributed by atoms with van der Waals surface area (Å²) >= 11 is 0. The largest absolute Gasteiger partial charge is 0.487 e. The van der Waals surface area contributed by atoms with Crippen LogP contribution in [-0.2, 0) is 6.61 Å². The Balaban J connectivity index is 1.79. The van der Waals surface area contributed by atoms with Crippen LogP contribution >= 0.6 is 0 Å². The lowest BCUT2D eigenvalue weighted by Crippen LogP contribution is -1.99. The zero-order valence-electron chi connectivity index (χ0n) is 11.3. The second kappa shape index (κ2) is 5.21. The monoisotopic (exact) mass is 264 g/mol. The van der Waals surface area contributed by atoms with Crippen LogP contribution in [0.1, 0.15) is 11.1 Å². The number of aryl methyl sites for hydroxylation is 1. The van der Waals surface area contributed by atoms with Crippen molar-refractivity contribution in [3.8, 4) is 5.75 Å². The molecule has 1 aromatic heterocycles. The van der Waals surface area contributed by atoms with Crippen molar-refractivity contribution in [1.82, 2.24) is 4.98 Å². The molecular weight excluding hydrogens is 248 g/mol. The number of aromatic nitrogens is 1. The molecule has 3 heteroatoms. The predicted octanol–water partition coefficient (Wildman–Crippen LogP) is 3.70. The van der Waals surface area contributed by atoms with Crippen LogP contribution in [0.3, 0.4) is 0 Å². The van der Waals surface area contributed by atoms with Gasteiger partial charge in [-0.15, -0.1) is 0 Å². The minimum Gasteiger partial charge on any atom is -0.487 e. The summed E-state index contributed by atoms with van der Waals surface area (Å²) in [5.74, 6) is 0.724. The molecule has 20 heavy (non-hydrogen) atoms. The van der Waals surface area contributed by atoms with Crippen molar-refractivity contribution in [2.75, 3.05) is 5.73 Å². The van der Waals surface area contributed by atoms with E-state index >= 15 is 0 Å². The number of hydrogen-bond acceptors (Lipinski definition) is 3. The predicted molar refractivity (Wildman–Crippen MR) is 81.7 cm³/mol. The first-order valence-corrected chi connectivity index (χ1v) is 6.55. The normalized spacial score (nSPS) is 10.7. The minimum atomic E-state index is 0.498. The van der Waals surface area contributed by atoms with Crippen molar-refractivity contribution in [3.63, 3.8) is 0 Å². The van der Waals surface area contributed by atoms with Crippen LogP contribution in [0.2, 0.25) is 0 Å². The second-order valence-corrected chi connectivity index (χ2v) is 4.86. The van der Waals surface area contributed by atoms with E-state index in [2.05, 4.69) is 11.1 Å². The Morgan fingerprint density at radius 2 is 2.00 bits per heavy atom. The average molecular weight is 264 g/mol. The Bertz CT molecular complexity index is 753. The van der Waals surface area contributed by atoms with Crippen molar-refractivity contribution in [2.24, 2.45) is 0 Å². The number of nitrogens with zero attached hydrogens (tertiary/aromatic N) is 1. The van der Waals surface area contributed by atoms with E-state index in [1.54, 1.807) is 6.20 Å². The van der Waals surface area contributed by atoms with E-state index in [1.807, 2.05) is 49.4 Å². The maximum absolute atomic E-state index is 5.94. The molecule has 0 fully saturated rings. The molecule has 0 saturated carbocycles. The molecule has 3 aromatic rings. The molecule has 0 bridgehead atoms. The van der Waals surface area contributed by atoms with Gasteiger partial charge in [0.1, 0.15) is 12.4 Å². The molecule has 3 nitrogen and oxygen atoms in total. The van der Waals surface area contributed by atoms with Crippen LogP contribution in [-0.4, -0.2) is 4.98 Å². The van der Waals surface area contributed by atoms with E-state index in [4.69, 9.17) is 10.5 Å². The molecule has 0 radical (unpaired) electrons. The Labute approximate surface area is 118 Å². The van der Waals surface area contributed by atoms with Crippen molar-refractivity contribution in [2.45, 2.75) is 13.5 Å². The molecule has 0 aliphatic rings. The summed E-state index contributed by atoms with van der Waals surface area (Å²) < 4.78 is 5.78. The molecule has 2 aromatic carbocycles. The number of ether oxygens (including phenoxy) is 1. The molecule has 0 spiro atoms. The summed E-state index contributed by atoms with van der Waals surface area (Å²) in [5.41, 5.74) is 9.84. The van der Waals surface area contributed by atoms with Gasteiger partial charge in [0, 0.05) is 11.6 Å². The Morgan fingerprint density at radius 3 is 2.85 bits per heavy atom. The van der Waals surface area contributed by atoms with Gasteiger partial charge in [-0.3, -0.25) is 4.98 Å². The van der Waals surface area contributed by atoms with Gasteiger partial charge in [0.2, 0.25) is 0 Å². The second-order valence-electron chi connectivity index (χ2n) is 4.86. The lowest BCUT2D eigenvalue weighted by atomic mass is 10.1. The maximum atomic E-state index is 5.94. The van der Waals surface area contributed by atoms with Crippen LogP contribution in [0.15, 0.2) is 54.7 Å². The van der Waals surface area contributed by atoms with Gasteiger partial charge in [-0.25, -0.2) is 0 Å². The summed E-state index contributed by atoms with van der Waals surface area (Å²) in [6.07, 6.45) is 1.80. The Hall–Kier alpha value is -2.55. The highest BCUT2D eigenvalue weighted by atomic mass is 16.5. The number of fused-ring (bicyclic) bond motifs is 1. The van der Waals surface area contributed by atoms with Crippen LogP contribution in [0.5, 0.6) is 5.75 Å². The molecule has 1 heterocycles. The third-order valence-corrected chi connectivity index (χ3v) is 3.23. The molecule has 0 atom stereocenters. The SMILES string of the molecule is Cc1ccc(OCc2ccc3ncccc3c2)c(N)c1. The van der Waals surface area contributed by atoms with Gasteiger partial charge < -0.3 is 10.5 Å². The quantitative estimate of drug-likeness (QED) is 0.734. The van der Waals surface area contributed by atoms with Gasteiger partial charge in [-0.2, -0.15) is 0 Å². The number of nitrogen functional groups attached to an aromatic ring is 1. The van der Waals surface area contributed by atoms with E-state index in [0.29, 0.717) is 12.3 Å². The van der Waals surface area contributed by atoms with Crippen LogP contribution in [0, 0.1) is 6.92 Å².